The molecule has 3 aromatic rings. The summed E-state index contributed by atoms with van der Waals surface area (Å²) < 4.78 is 0. The molecule has 178 valence electrons. The first-order chi connectivity index (χ1) is 16.7. The van der Waals surface area contributed by atoms with Crippen molar-refractivity contribution in [2.24, 2.45) is 0 Å². The zero-order valence-electron chi connectivity index (χ0n) is 17.9. The third-order valence-corrected chi connectivity index (χ3v) is 6.37. The van der Waals surface area contributed by atoms with E-state index < -0.39 is 23.8 Å². The van der Waals surface area contributed by atoms with Crippen molar-refractivity contribution in [2.45, 2.75) is 12.5 Å². The second-order valence-corrected chi connectivity index (χ2v) is 9.14. The number of carbonyl (C=O) groups is 3. The van der Waals surface area contributed by atoms with E-state index in [1.54, 1.807) is 60.7 Å². The molecule has 11 heteroatoms. The van der Waals surface area contributed by atoms with Crippen molar-refractivity contribution in [3.63, 3.8) is 0 Å². The van der Waals surface area contributed by atoms with Crippen LogP contribution in [0.5, 0.6) is 0 Å². The molecule has 0 aliphatic carbocycles. The van der Waals surface area contributed by atoms with E-state index in [2.05, 4.69) is 10.7 Å². The molecule has 35 heavy (non-hydrogen) atoms. The minimum atomic E-state index is -1.10. The van der Waals surface area contributed by atoms with Crippen molar-refractivity contribution >= 4 is 81.2 Å². The number of hydrogen-bond donors (Lipinski definition) is 2. The lowest BCUT2D eigenvalue weighted by molar-refractivity contribution is -0.124. The summed E-state index contributed by atoms with van der Waals surface area (Å²) in [7, 11) is 0. The molecule has 1 aliphatic rings. The Labute approximate surface area is 221 Å². The summed E-state index contributed by atoms with van der Waals surface area (Å²) >= 11 is 23.5. The summed E-state index contributed by atoms with van der Waals surface area (Å²) in [6, 6.07) is 18.3. The number of hydrogen-bond acceptors (Lipinski definition) is 4. The van der Waals surface area contributed by atoms with Crippen molar-refractivity contribution in [2.75, 3.05) is 10.2 Å². The molecule has 3 aromatic carbocycles. The molecule has 2 N–H and O–H groups in total. The van der Waals surface area contributed by atoms with Gasteiger partial charge in [-0.3, -0.25) is 24.7 Å². The van der Waals surface area contributed by atoms with Gasteiger partial charge in [-0.1, -0.05) is 46.9 Å². The second-order valence-electron chi connectivity index (χ2n) is 7.50. The van der Waals surface area contributed by atoms with Crippen LogP contribution >= 0.6 is 47.0 Å². The topological polar surface area (TPSA) is 81.8 Å². The third-order valence-electron chi connectivity index (χ3n) is 5.15. The van der Waals surface area contributed by atoms with Crippen molar-refractivity contribution in [3.05, 3.63) is 93.4 Å². The van der Waals surface area contributed by atoms with Crippen LogP contribution in [0.4, 0.5) is 11.4 Å². The number of rotatable bonds is 6. The third kappa shape index (κ3) is 5.57. The fraction of sp³-hybridized carbons (Fsp3) is 0.0833. The highest BCUT2D eigenvalue weighted by molar-refractivity contribution is 7.80. The maximum Gasteiger partial charge on any atom is 0.269 e. The van der Waals surface area contributed by atoms with Gasteiger partial charge in [-0.25, -0.2) is 5.01 Å². The molecule has 1 fully saturated rings. The van der Waals surface area contributed by atoms with Crippen LogP contribution in [0.2, 0.25) is 15.1 Å². The number of thiocarbonyl (C=S) groups is 1. The van der Waals surface area contributed by atoms with E-state index in [0.717, 1.165) is 0 Å². The van der Waals surface area contributed by atoms with Crippen LogP contribution in [0.1, 0.15) is 16.8 Å². The highest BCUT2D eigenvalue weighted by atomic mass is 35.5. The second kappa shape index (κ2) is 10.6. The van der Waals surface area contributed by atoms with Crippen LogP contribution in [-0.2, 0) is 9.59 Å². The lowest BCUT2D eigenvalue weighted by Crippen LogP contribution is -2.49. The van der Waals surface area contributed by atoms with Crippen molar-refractivity contribution in [1.82, 2.24) is 10.4 Å². The van der Waals surface area contributed by atoms with E-state index in [9.17, 15) is 14.4 Å². The van der Waals surface area contributed by atoms with Crippen LogP contribution in [0, 0.1) is 0 Å². The maximum atomic E-state index is 13.4. The number of carbonyl (C=O) groups excluding carboxylic acids is 3. The quantitative estimate of drug-likeness (QED) is 0.408. The smallest absolute Gasteiger partial charge is 0.269 e. The Morgan fingerprint density at radius 1 is 0.886 bits per heavy atom. The summed E-state index contributed by atoms with van der Waals surface area (Å²) in [5.74, 6) is -1.49. The van der Waals surface area contributed by atoms with Gasteiger partial charge in [0.15, 0.2) is 0 Å². The van der Waals surface area contributed by atoms with Crippen LogP contribution in [-0.4, -0.2) is 33.9 Å². The molecule has 7 nitrogen and oxygen atoms in total. The van der Waals surface area contributed by atoms with Gasteiger partial charge in [0.05, 0.1) is 22.8 Å². The number of benzene rings is 3. The van der Waals surface area contributed by atoms with Gasteiger partial charge in [0, 0.05) is 15.6 Å². The van der Waals surface area contributed by atoms with Gasteiger partial charge in [-0.2, -0.15) is 0 Å². The summed E-state index contributed by atoms with van der Waals surface area (Å²) in [6.45, 7) is 0. The molecule has 0 aromatic heterocycles. The Bertz CT molecular complexity index is 1300. The minimum Gasteiger partial charge on any atom is -0.325 e. The number of amides is 3. The normalized spacial score (nSPS) is 15.3. The van der Waals surface area contributed by atoms with E-state index >= 15 is 0 Å². The number of nitrogens with one attached hydrogen (secondary N) is 2. The number of halogens is 3. The van der Waals surface area contributed by atoms with Gasteiger partial charge in [-0.05, 0) is 72.9 Å². The lowest BCUT2D eigenvalue weighted by Gasteiger charge is -2.24. The first kappa shape index (κ1) is 24.9. The summed E-state index contributed by atoms with van der Waals surface area (Å²) in [6.07, 6.45) is -0.296. The molecular formula is C24H17Cl3N4O3S. The molecule has 0 radical (unpaired) electrons. The van der Waals surface area contributed by atoms with Gasteiger partial charge in [-0.15, -0.1) is 0 Å². The molecule has 1 heterocycles. The Morgan fingerprint density at radius 2 is 1.49 bits per heavy atom. The van der Waals surface area contributed by atoms with Crippen molar-refractivity contribution < 1.29 is 14.4 Å². The standard InChI is InChI=1S/C24H17Cl3N4O3S/c25-15-7-5-14(6-8-15)22(33)29-31-20(13-21(32)28-19-4-2-1-3-18(19)27)23(34)30(24(31)35)17-11-9-16(26)10-12-17/h1-12,20H,13H2,(H,28,32)(H,29,33). The predicted octanol–water partition coefficient (Wildman–Crippen LogP) is 5.32. The fourth-order valence-corrected chi connectivity index (χ4v) is 4.24. The Morgan fingerprint density at radius 3 is 2.11 bits per heavy atom. The lowest BCUT2D eigenvalue weighted by atomic mass is 10.1. The van der Waals surface area contributed by atoms with Crippen LogP contribution in [0.25, 0.3) is 0 Å². The van der Waals surface area contributed by atoms with Crippen molar-refractivity contribution in [1.29, 1.82) is 0 Å². The molecule has 4 rings (SSSR count). The Hall–Kier alpha value is -3.17. The van der Waals surface area contributed by atoms with E-state index in [1.807, 2.05) is 0 Å². The molecule has 0 saturated carbocycles. The molecule has 1 unspecified atom stereocenters. The van der Waals surface area contributed by atoms with E-state index in [0.29, 0.717) is 32.0 Å². The highest BCUT2D eigenvalue weighted by Crippen LogP contribution is 2.28. The molecule has 1 aliphatic heterocycles. The molecule has 0 spiro atoms. The van der Waals surface area contributed by atoms with Gasteiger partial charge in [0.1, 0.15) is 6.04 Å². The molecular weight excluding hydrogens is 531 g/mol. The zero-order chi connectivity index (χ0) is 25.1. The average Bonchev–Trinajstić information content (AvgIpc) is 3.05. The first-order valence-electron chi connectivity index (χ1n) is 10.3. The van der Waals surface area contributed by atoms with Gasteiger partial charge in [0.2, 0.25) is 11.0 Å². The Kier molecular flexibility index (Phi) is 7.57. The SMILES string of the molecule is O=C(CC1C(=O)N(c2ccc(Cl)cc2)C(=S)N1NC(=O)c1ccc(Cl)cc1)Nc1ccccc1Cl. The number of nitrogens with zero attached hydrogens (tertiary/aromatic N) is 2. The highest BCUT2D eigenvalue weighted by Gasteiger charge is 2.45. The largest absolute Gasteiger partial charge is 0.325 e. The van der Waals surface area contributed by atoms with Crippen LogP contribution < -0.4 is 15.6 Å². The average molecular weight is 548 g/mol. The summed E-state index contributed by atoms with van der Waals surface area (Å²) in [4.78, 5) is 40.4. The number of hydrazine groups is 1. The van der Waals surface area contributed by atoms with E-state index in [4.69, 9.17) is 47.0 Å². The minimum absolute atomic E-state index is 0.00943. The molecule has 0 bridgehead atoms. The van der Waals surface area contributed by atoms with Crippen LogP contribution in [0.15, 0.2) is 72.8 Å². The zero-order valence-corrected chi connectivity index (χ0v) is 21.0. The predicted molar refractivity (Wildman–Crippen MR) is 141 cm³/mol. The first-order valence-corrected chi connectivity index (χ1v) is 11.8. The number of para-hydroxylation sites is 1. The molecule has 1 saturated heterocycles. The fourth-order valence-electron chi connectivity index (χ4n) is 3.44. The monoisotopic (exact) mass is 546 g/mol. The van der Waals surface area contributed by atoms with Gasteiger partial charge < -0.3 is 5.32 Å². The van der Waals surface area contributed by atoms with Gasteiger partial charge in [0.25, 0.3) is 11.8 Å². The Balaban J connectivity index is 1.61. The van der Waals surface area contributed by atoms with Crippen LogP contribution in [0.3, 0.4) is 0 Å². The summed E-state index contributed by atoms with van der Waals surface area (Å²) in [5, 5.41) is 5.22. The molecule has 1 atom stereocenters. The number of anilines is 2. The van der Waals surface area contributed by atoms with Gasteiger partial charge >= 0.3 is 0 Å². The summed E-state index contributed by atoms with van der Waals surface area (Å²) in [5.41, 5.74) is 3.80. The van der Waals surface area contributed by atoms with E-state index in [1.165, 1.54) is 22.0 Å². The molecule has 3 amide bonds. The van der Waals surface area contributed by atoms with Crippen molar-refractivity contribution in [3.8, 4) is 0 Å². The maximum absolute atomic E-state index is 13.4. The van der Waals surface area contributed by atoms with E-state index in [-0.39, 0.29) is 11.5 Å².